The van der Waals surface area contributed by atoms with Crippen molar-refractivity contribution in [3.63, 3.8) is 0 Å². The largest absolute Gasteiger partial charge is 0.497 e. The van der Waals surface area contributed by atoms with Gasteiger partial charge in [-0.3, -0.25) is 19.3 Å². The summed E-state index contributed by atoms with van der Waals surface area (Å²) in [6.07, 6.45) is 1.74. The SMILES string of the molecule is COc1cc(OC)cc(N(C(=O)CNC(=O)c2cccs2)[C@@H](C(=O)NC[C@@H]2CCCO2)c2ccccc2)c1. The molecule has 0 aliphatic carbocycles. The zero-order chi connectivity index (χ0) is 26.9. The number of amides is 3. The molecule has 9 nitrogen and oxygen atoms in total. The number of anilines is 1. The van der Waals surface area contributed by atoms with Gasteiger partial charge < -0.3 is 24.8 Å². The summed E-state index contributed by atoms with van der Waals surface area (Å²) in [4.78, 5) is 42.0. The molecule has 0 spiro atoms. The van der Waals surface area contributed by atoms with Crippen LogP contribution >= 0.6 is 11.3 Å². The zero-order valence-corrected chi connectivity index (χ0v) is 22.2. The van der Waals surface area contributed by atoms with Gasteiger partial charge in [0.05, 0.1) is 37.4 Å². The number of thiophene rings is 1. The Morgan fingerprint density at radius 1 is 1.03 bits per heavy atom. The number of methoxy groups -OCH3 is 2. The van der Waals surface area contributed by atoms with Crippen LogP contribution in [-0.2, 0) is 14.3 Å². The number of carbonyl (C=O) groups is 3. The van der Waals surface area contributed by atoms with E-state index in [9.17, 15) is 14.4 Å². The van der Waals surface area contributed by atoms with Gasteiger partial charge in [-0.15, -0.1) is 11.3 Å². The van der Waals surface area contributed by atoms with E-state index in [4.69, 9.17) is 14.2 Å². The molecular formula is C28H31N3O6S. The van der Waals surface area contributed by atoms with Crippen LogP contribution in [0.4, 0.5) is 5.69 Å². The maximum Gasteiger partial charge on any atom is 0.261 e. The number of nitrogens with zero attached hydrogens (tertiary/aromatic N) is 1. The molecule has 1 aliphatic rings. The molecule has 1 saturated heterocycles. The molecule has 0 bridgehead atoms. The van der Waals surface area contributed by atoms with E-state index in [1.165, 1.54) is 30.5 Å². The maximum atomic E-state index is 13.8. The average molecular weight is 538 g/mol. The third-order valence-electron chi connectivity index (χ3n) is 6.18. The van der Waals surface area contributed by atoms with E-state index in [1.54, 1.807) is 47.8 Å². The molecule has 0 saturated carbocycles. The predicted molar refractivity (Wildman–Crippen MR) is 145 cm³/mol. The maximum absolute atomic E-state index is 13.8. The van der Waals surface area contributed by atoms with Crippen molar-refractivity contribution in [1.82, 2.24) is 10.6 Å². The molecule has 1 aromatic heterocycles. The highest BCUT2D eigenvalue weighted by molar-refractivity contribution is 7.12. The molecule has 0 radical (unpaired) electrons. The minimum absolute atomic E-state index is 0.0680. The van der Waals surface area contributed by atoms with Crippen LogP contribution in [0.3, 0.4) is 0 Å². The normalized spacial score (nSPS) is 15.4. The number of carbonyl (C=O) groups excluding carboxylic acids is 3. The molecule has 2 N–H and O–H groups in total. The third-order valence-corrected chi connectivity index (χ3v) is 7.05. The summed E-state index contributed by atoms with van der Waals surface area (Å²) in [7, 11) is 3.02. The van der Waals surface area contributed by atoms with E-state index in [1.807, 2.05) is 18.2 Å². The summed E-state index contributed by atoms with van der Waals surface area (Å²) in [6.45, 7) is 0.681. The van der Waals surface area contributed by atoms with Gasteiger partial charge in [-0.25, -0.2) is 0 Å². The average Bonchev–Trinajstić information content (AvgIpc) is 3.68. The minimum Gasteiger partial charge on any atom is -0.497 e. The second kappa shape index (κ2) is 13.1. The van der Waals surface area contributed by atoms with Crippen LogP contribution in [0.5, 0.6) is 11.5 Å². The lowest BCUT2D eigenvalue weighted by Gasteiger charge is -2.32. The van der Waals surface area contributed by atoms with Crippen LogP contribution in [-0.4, -0.2) is 57.7 Å². The van der Waals surface area contributed by atoms with Crippen molar-refractivity contribution in [2.45, 2.75) is 25.0 Å². The Kier molecular flexibility index (Phi) is 9.34. The van der Waals surface area contributed by atoms with E-state index in [-0.39, 0.29) is 24.5 Å². The number of hydrogen-bond acceptors (Lipinski definition) is 7. The highest BCUT2D eigenvalue weighted by atomic mass is 32.1. The molecule has 3 amide bonds. The molecule has 2 heterocycles. The number of nitrogens with one attached hydrogen (secondary N) is 2. The standard InChI is InChI=1S/C28H31N3O6S/c1-35-22-14-20(15-23(16-22)36-2)31(25(32)18-30-27(33)24-11-7-13-38-24)26(19-8-4-3-5-9-19)28(34)29-17-21-10-6-12-37-21/h3-5,7-9,11,13-16,21,26H,6,10,12,17-18H2,1-2H3,(H,29,34)(H,30,33)/t21-,26+/m0/s1. The lowest BCUT2D eigenvalue weighted by Crippen LogP contribution is -2.48. The van der Waals surface area contributed by atoms with Crippen molar-refractivity contribution in [3.8, 4) is 11.5 Å². The molecule has 1 fully saturated rings. The highest BCUT2D eigenvalue weighted by Crippen LogP contribution is 2.34. The van der Waals surface area contributed by atoms with Gasteiger partial charge in [-0.2, -0.15) is 0 Å². The summed E-state index contributed by atoms with van der Waals surface area (Å²) >= 11 is 1.28. The lowest BCUT2D eigenvalue weighted by molar-refractivity contribution is -0.126. The van der Waals surface area contributed by atoms with Gasteiger partial charge in [0.2, 0.25) is 11.8 Å². The van der Waals surface area contributed by atoms with E-state index < -0.39 is 11.9 Å². The van der Waals surface area contributed by atoms with Crippen molar-refractivity contribution in [2.24, 2.45) is 0 Å². The Bertz CT molecular complexity index is 1210. The van der Waals surface area contributed by atoms with E-state index in [2.05, 4.69) is 10.6 Å². The fourth-order valence-corrected chi connectivity index (χ4v) is 4.91. The molecule has 10 heteroatoms. The summed E-state index contributed by atoms with van der Waals surface area (Å²) in [6, 6.07) is 16.5. The number of ether oxygens (including phenoxy) is 3. The molecule has 4 rings (SSSR count). The second-order valence-electron chi connectivity index (χ2n) is 8.69. The smallest absolute Gasteiger partial charge is 0.261 e. The van der Waals surface area contributed by atoms with Crippen LogP contribution in [0, 0.1) is 0 Å². The predicted octanol–water partition coefficient (Wildman–Crippen LogP) is 3.56. The summed E-state index contributed by atoms with van der Waals surface area (Å²) in [5.74, 6) is -0.314. The molecule has 2 atom stereocenters. The Labute approximate surface area is 225 Å². The highest BCUT2D eigenvalue weighted by Gasteiger charge is 2.34. The first kappa shape index (κ1) is 27.2. The molecule has 1 aliphatic heterocycles. The van der Waals surface area contributed by atoms with Gasteiger partial charge >= 0.3 is 0 Å². The van der Waals surface area contributed by atoms with Gasteiger partial charge in [-0.05, 0) is 29.9 Å². The first-order valence-electron chi connectivity index (χ1n) is 12.3. The van der Waals surface area contributed by atoms with Crippen molar-refractivity contribution in [2.75, 3.05) is 38.8 Å². The summed E-state index contributed by atoms with van der Waals surface area (Å²) in [5, 5.41) is 7.43. The molecule has 200 valence electrons. The van der Waals surface area contributed by atoms with Gasteiger partial charge in [-0.1, -0.05) is 36.4 Å². The first-order valence-corrected chi connectivity index (χ1v) is 13.2. The summed E-state index contributed by atoms with van der Waals surface area (Å²) < 4.78 is 16.5. The minimum atomic E-state index is -1.03. The van der Waals surface area contributed by atoms with Crippen molar-refractivity contribution in [1.29, 1.82) is 0 Å². The fraction of sp³-hybridized carbons (Fsp3) is 0.321. The van der Waals surface area contributed by atoms with E-state index >= 15 is 0 Å². The van der Waals surface area contributed by atoms with Crippen LogP contribution in [0.15, 0.2) is 66.0 Å². The molecule has 0 unspecified atom stereocenters. The van der Waals surface area contributed by atoms with Crippen LogP contribution in [0.1, 0.15) is 34.1 Å². The fourth-order valence-electron chi connectivity index (χ4n) is 4.27. The molecule has 38 heavy (non-hydrogen) atoms. The van der Waals surface area contributed by atoms with E-state index in [0.29, 0.717) is 40.8 Å². The lowest BCUT2D eigenvalue weighted by atomic mass is 10.0. The van der Waals surface area contributed by atoms with Crippen LogP contribution in [0.25, 0.3) is 0 Å². The van der Waals surface area contributed by atoms with Gasteiger partial charge in [0, 0.05) is 31.4 Å². The first-order chi connectivity index (χ1) is 18.5. The van der Waals surface area contributed by atoms with E-state index in [0.717, 1.165) is 12.8 Å². The Morgan fingerprint density at radius 3 is 2.37 bits per heavy atom. The zero-order valence-electron chi connectivity index (χ0n) is 21.3. The van der Waals surface area contributed by atoms with Crippen molar-refractivity contribution in [3.05, 3.63) is 76.5 Å². The summed E-state index contributed by atoms with van der Waals surface area (Å²) in [5.41, 5.74) is 0.995. The topological polar surface area (TPSA) is 106 Å². The number of rotatable bonds is 11. The van der Waals surface area contributed by atoms with Gasteiger partial charge in [0.15, 0.2) is 0 Å². The quantitative estimate of drug-likeness (QED) is 0.388. The number of hydrogen-bond donors (Lipinski definition) is 2. The number of benzene rings is 2. The Morgan fingerprint density at radius 2 is 1.76 bits per heavy atom. The molecule has 3 aromatic rings. The monoisotopic (exact) mass is 537 g/mol. The Balaban J connectivity index is 1.70. The second-order valence-corrected chi connectivity index (χ2v) is 9.64. The van der Waals surface area contributed by atoms with Crippen molar-refractivity contribution >= 4 is 34.7 Å². The van der Waals surface area contributed by atoms with Crippen molar-refractivity contribution < 1.29 is 28.6 Å². The van der Waals surface area contributed by atoms with Crippen LogP contribution in [0.2, 0.25) is 0 Å². The van der Waals surface area contributed by atoms with Gasteiger partial charge in [0.25, 0.3) is 5.91 Å². The van der Waals surface area contributed by atoms with Gasteiger partial charge in [0.1, 0.15) is 17.5 Å². The van der Waals surface area contributed by atoms with Crippen LogP contribution < -0.4 is 25.0 Å². The Hall–Kier alpha value is -3.89. The molecular weight excluding hydrogens is 506 g/mol. The third kappa shape index (κ3) is 6.70. The molecule has 2 aromatic carbocycles.